The number of hydrogen-bond donors (Lipinski definition) is 0. The summed E-state index contributed by atoms with van der Waals surface area (Å²) in [6, 6.07) is 15.0. The van der Waals surface area contributed by atoms with Crippen molar-refractivity contribution in [1.82, 2.24) is 9.97 Å². The van der Waals surface area contributed by atoms with Crippen LogP contribution in [0.5, 0.6) is 0 Å². The van der Waals surface area contributed by atoms with Gasteiger partial charge in [-0.1, -0.05) is 43.7 Å². The molecule has 0 fully saturated rings. The van der Waals surface area contributed by atoms with E-state index < -0.39 is 0 Å². The third kappa shape index (κ3) is 2.48. The van der Waals surface area contributed by atoms with Crippen LogP contribution in [0.25, 0.3) is 22.2 Å². The van der Waals surface area contributed by atoms with Gasteiger partial charge in [0.05, 0.1) is 11.0 Å². The van der Waals surface area contributed by atoms with Crippen molar-refractivity contribution >= 4 is 11.0 Å². The molecule has 0 amide bonds. The zero-order valence-electron chi connectivity index (χ0n) is 11.0. The van der Waals surface area contributed by atoms with Gasteiger partial charge in [0.15, 0.2) is 0 Å². The number of aromatic nitrogens is 2. The topological polar surface area (TPSA) is 25.8 Å². The average Bonchev–Trinajstić information content (AvgIpc) is 2.48. The summed E-state index contributed by atoms with van der Waals surface area (Å²) < 4.78 is 0. The number of benzene rings is 2. The van der Waals surface area contributed by atoms with Gasteiger partial charge in [-0.05, 0) is 35.2 Å². The van der Waals surface area contributed by atoms with Gasteiger partial charge in [0.2, 0.25) is 0 Å². The molecule has 0 aliphatic carbocycles. The normalized spacial score (nSPS) is 10.8. The van der Waals surface area contributed by atoms with Gasteiger partial charge in [-0.3, -0.25) is 9.97 Å². The van der Waals surface area contributed by atoms with Crippen LogP contribution in [0.4, 0.5) is 0 Å². The molecule has 0 radical (unpaired) electrons. The van der Waals surface area contributed by atoms with E-state index in [1.165, 1.54) is 23.1 Å². The Kier molecular flexibility index (Phi) is 3.23. The fraction of sp³-hybridized carbons (Fsp3) is 0.176. The molecule has 0 unspecified atom stereocenters. The molecule has 0 N–H and O–H groups in total. The van der Waals surface area contributed by atoms with Crippen molar-refractivity contribution in [3.63, 3.8) is 0 Å². The molecule has 0 bridgehead atoms. The molecular weight excluding hydrogens is 232 g/mol. The van der Waals surface area contributed by atoms with Crippen LogP contribution in [-0.2, 0) is 6.42 Å². The average molecular weight is 248 g/mol. The van der Waals surface area contributed by atoms with Gasteiger partial charge in [-0.2, -0.15) is 0 Å². The van der Waals surface area contributed by atoms with Crippen molar-refractivity contribution in [2.24, 2.45) is 0 Å². The van der Waals surface area contributed by atoms with E-state index in [2.05, 4.69) is 53.3 Å². The maximum atomic E-state index is 4.35. The minimum absolute atomic E-state index is 0.939. The third-order valence-electron chi connectivity index (χ3n) is 3.30. The second kappa shape index (κ2) is 5.19. The summed E-state index contributed by atoms with van der Waals surface area (Å²) in [5, 5.41) is 0. The summed E-state index contributed by atoms with van der Waals surface area (Å²) in [5.74, 6) is 0. The lowest BCUT2D eigenvalue weighted by Gasteiger charge is -2.05. The van der Waals surface area contributed by atoms with Crippen molar-refractivity contribution in [3.8, 4) is 11.1 Å². The zero-order valence-corrected chi connectivity index (χ0v) is 11.0. The van der Waals surface area contributed by atoms with Gasteiger partial charge in [0.1, 0.15) is 0 Å². The molecule has 0 saturated heterocycles. The van der Waals surface area contributed by atoms with Gasteiger partial charge in [-0.25, -0.2) is 0 Å². The lowest BCUT2D eigenvalue weighted by molar-refractivity contribution is 0.922. The number of fused-ring (bicyclic) bond motifs is 1. The predicted octanol–water partition coefficient (Wildman–Crippen LogP) is 4.25. The molecule has 0 saturated carbocycles. The van der Waals surface area contributed by atoms with E-state index in [0.717, 1.165) is 17.5 Å². The Hall–Kier alpha value is -2.22. The molecule has 0 aliphatic heterocycles. The lowest BCUT2D eigenvalue weighted by Crippen LogP contribution is -1.86. The highest BCUT2D eigenvalue weighted by molar-refractivity contribution is 5.81. The number of rotatable bonds is 3. The van der Waals surface area contributed by atoms with E-state index in [0.29, 0.717) is 0 Å². The van der Waals surface area contributed by atoms with Crippen LogP contribution >= 0.6 is 0 Å². The second-order valence-corrected chi connectivity index (χ2v) is 4.71. The Morgan fingerprint density at radius 3 is 2.21 bits per heavy atom. The van der Waals surface area contributed by atoms with Crippen LogP contribution in [0.1, 0.15) is 18.9 Å². The maximum Gasteiger partial charge on any atom is 0.0892 e. The van der Waals surface area contributed by atoms with E-state index in [9.17, 15) is 0 Å². The van der Waals surface area contributed by atoms with Crippen molar-refractivity contribution in [1.29, 1.82) is 0 Å². The first kappa shape index (κ1) is 11.8. The van der Waals surface area contributed by atoms with Crippen LogP contribution in [0.2, 0.25) is 0 Å². The van der Waals surface area contributed by atoms with E-state index in [4.69, 9.17) is 0 Å². The van der Waals surface area contributed by atoms with E-state index in [1.54, 1.807) is 12.4 Å². The quantitative estimate of drug-likeness (QED) is 0.692. The minimum atomic E-state index is 0.939. The van der Waals surface area contributed by atoms with Crippen LogP contribution in [0, 0.1) is 0 Å². The fourth-order valence-electron chi connectivity index (χ4n) is 2.30. The summed E-state index contributed by atoms with van der Waals surface area (Å²) in [6.07, 6.45) is 5.78. The molecule has 0 atom stereocenters. The van der Waals surface area contributed by atoms with Gasteiger partial charge in [0, 0.05) is 12.4 Å². The highest BCUT2D eigenvalue weighted by Crippen LogP contribution is 2.23. The summed E-state index contributed by atoms with van der Waals surface area (Å²) in [6.45, 7) is 2.20. The Morgan fingerprint density at radius 2 is 1.47 bits per heavy atom. The zero-order chi connectivity index (χ0) is 13.1. The van der Waals surface area contributed by atoms with Gasteiger partial charge < -0.3 is 0 Å². The fourth-order valence-corrected chi connectivity index (χ4v) is 2.30. The summed E-state index contributed by atoms with van der Waals surface area (Å²) in [4.78, 5) is 8.64. The molecular formula is C17H16N2. The van der Waals surface area contributed by atoms with E-state index >= 15 is 0 Å². The predicted molar refractivity (Wildman–Crippen MR) is 79.0 cm³/mol. The molecule has 94 valence electrons. The highest BCUT2D eigenvalue weighted by atomic mass is 14.8. The SMILES string of the molecule is CCCc1ccc(-c2ccc3nccnc3c2)cc1. The Balaban J connectivity index is 1.99. The minimum Gasteiger partial charge on any atom is -0.253 e. The van der Waals surface area contributed by atoms with Crippen LogP contribution in [0.3, 0.4) is 0 Å². The maximum absolute atomic E-state index is 4.35. The Morgan fingerprint density at radius 1 is 0.789 bits per heavy atom. The first-order chi connectivity index (χ1) is 9.36. The van der Waals surface area contributed by atoms with Gasteiger partial charge in [-0.15, -0.1) is 0 Å². The Bertz CT molecular complexity index is 687. The van der Waals surface area contributed by atoms with Crippen molar-refractivity contribution in [2.45, 2.75) is 19.8 Å². The number of aryl methyl sites for hydroxylation is 1. The van der Waals surface area contributed by atoms with Crippen LogP contribution in [-0.4, -0.2) is 9.97 Å². The first-order valence-electron chi connectivity index (χ1n) is 6.67. The van der Waals surface area contributed by atoms with Gasteiger partial charge in [0.25, 0.3) is 0 Å². The molecule has 1 aromatic heterocycles. The van der Waals surface area contributed by atoms with E-state index in [-0.39, 0.29) is 0 Å². The molecule has 0 spiro atoms. The standard InChI is InChI=1S/C17H16N2/c1-2-3-13-4-6-14(7-5-13)15-8-9-16-17(12-15)19-11-10-18-16/h4-12H,2-3H2,1H3. The summed E-state index contributed by atoms with van der Waals surface area (Å²) in [5.41, 5.74) is 5.70. The molecule has 1 heterocycles. The first-order valence-corrected chi connectivity index (χ1v) is 6.67. The molecule has 3 rings (SSSR count). The van der Waals surface area contributed by atoms with Gasteiger partial charge >= 0.3 is 0 Å². The number of hydrogen-bond acceptors (Lipinski definition) is 2. The molecule has 19 heavy (non-hydrogen) atoms. The highest BCUT2D eigenvalue weighted by Gasteiger charge is 2.01. The monoisotopic (exact) mass is 248 g/mol. The second-order valence-electron chi connectivity index (χ2n) is 4.71. The largest absolute Gasteiger partial charge is 0.253 e. The smallest absolute Gasteiger partial charge is 0.0892 e. The van der Waals surface area contributed by atoms with Crippen molar-refractivity contribution in [2.75, 3.05) is 0 Å². The summed E-state index contributed by atoms with van der Waals surface area (Å²) in [7, 11) is 0. The molecule has 0 aliphatic rings. The molecule has 2 heteroatoms. The molecule has 2 aromatic carbocycles. The third-order valence-corrected chi connectivity index (χ3v) is 3.30. The van der Waals surface area contributed by atoms with Crippen molar-refractivity contribution in [3.05, 3.63) is 60.4 Å². The van der Waals surface area contributed by atoms with Crippen molar-refractivity contribution < 1.29 is 0 Å². The van der Waals surface area contributed by atoms with Crippen LogP contribution in [0.15, 0.2) is 54.9 Å². The van der Waals surface area contributed by atoms with Crippen LogP contribution < -0.4 is 0 Å². The number of nitrogens with zero attached hydrogens (tertiary/aromatic N) is 2. The lowest BCUT2D eigenvalue weighted by atomic mass is 10.0. The van der Waals surface area contributed by atoms with E-state index in [1.807, 2.05) is 6.07 Å². The molecule has 3 aromatic rings. The Labute approximate surface area is 113 Å². The summed E-state index contributed by atoms with van der Waals surface area (Å²) >= 11 is 0. The molecule has 2 nitrogen and oxygen atoms in total.